The summed E-state index contributed by atoms with van der Waals surface area (Å²) in [5.41, 5.74) is 0. The lowest BCUT2D eigenvalue weighted by molar-refractivity contribution is -0.143. The predicted molar refractivity (Wildman–Crippen MR) is 94.9 cm³/mol. The van der Waals surface area contributed by atoms with Crippen LogP contribution in [0.25, 0.3) is 0 Å². The van der Waals surface area contributed by atoms with Crippen LogP contribution in [-0.4, -0.2) is 56.3 Å². The number of hydrogen-bond acceptors (Lipinski definition) is 2. The lowest BCUT2D eigenvalue weighted by Gasteiger charge is -2.21. The van der Waals surface area contributed by atoms with Crippen LogP contribution in [0, 0.1) is 5.92 Å². The van der Waals surface area contributed by atoms with Gasteiger partial charge in [-0.15, -0.1) is 24.0 Å². The Morgan fingerprint density at radius 3 is 2.45 bits per heavy atom. The van der Waals surface area contributed by atoms with Crippen LogP contribution in [0.1, 0.15) is 33.1 Å². The molecule has 0 amide bonds. The van der Waals surface area contributed by atoms with Crippen molar-refractivity contribution < 1.29 is 13.2 Å². The van der Waals surface area contributed by atoms with Gasteiger partial charge in [-0.3, -0.25) is 9.89 Å². The van der Waals surface area contributed by atoms with E-state index < -0.39 is 12.7 Å². The fourth-order valence-corrected chi connectivity index (χ4v) is 2.55. The lowest BCUT2D eigenvalue weighted by atomic mass is 10.0. The number of alkyl halides is 3. The van der Waals surface area contributed by atoms with E-state index in [0.29, 0.717) is 31.4 Å². The molecular formula is C14H28F3IN4. The van der Waals surface area contributed by atoms with Crippen LogP contribution in [0.15, 0.2) is 4.99 Å². The number of hydrogen-bond donors (Lipinski definition) is 2. The van der Waals surface area contributed by atoms with Crippen LogP contribution in [0.5, 0.6) is 0 Å². The first-order chi connectivity index (χ1) is 9.87. The summed E-state index contributed by atoms with van der Waals surface area (Å²) in [5, 5.41) is 6.47. The Morgan fingerprint density at radius 2 is 1.95 bits per heavy atom. The Bertz CT molecular complexity index is 333. The van der Waals surface area contributed by atoms with E-state index in [1.165, 1.54) is 4.90 Å². The average Bonchev–Trinajstić information content (AvgIpc) is 2.83. The largest absolute Gasteiger partial charge is 0.401 e. The molecule has 1 atom stereocenters. The molecule has 0 aliphatic carbocycles. The maximum absolute atomic E-state index is 12.4. The van der Waals surface area contributed by atoms with Gasteiger partial charge >= 0.3 is 6.18 Å². The first-order valence-corrected chi connectivity index (χ1v) is 7.64. The van der Waals surface area contributed by atoms with Crippen LogP contribution in [0.2, 0.25) is 0 Å². The molecule has 1 aliphatic heterocycles. The average molecular weight is 436 g/mol. The molecule has 0 aromatic carbocycles. The molecule has 4 nitrogen and oxygen atoms in total. The first-order valence-electron chi connectivity index (χ1n) is 7.64. The van der Waals surface area contributed by atoms with Gasteiger partial charge in [0.1, 0.15) is 0 Å². The molecular weight excluding hydrogens is 408 g/mol. The minimum absolute atomic E-state index is 0. The van der Waals surface area contributed by atoms with E-state index >= 15 is 0 Å². The number of nitrogens with zero attached hydrogens (tertiary/aromatic N) is 2. The maximum Gasteiger partial charge on any atom is 0.401 e. The maximum atomic E-state index is 12.4. The van der Waals surface area contributed by atoms with Crippen molar-refractivity contribution in [3.8, 4) is 0 Å². The minimum Gasteiger partial charge on any atom is -0.356 e. The molecule has 0 saturated carbocycles. The van der Waals surface area contributed by atoms with Crippen molar-refractivity contribution >= 4 is 29.9 Å². The molecule has 22 heavy (non-hydrogen) atoms. The molecule has 0 spiro atoms. The van der Waals surface area contributed by atoms with Crippen LogP contribution in [-0.2, 0) is 0 Å². The highest BCUT2D eigenvalue weighted by atomic mass is 127. The van der Waals surface area contributed by atoms with Crippen molar-refractivity contribution in [1.29, 1.82) is 0 Å². The quantitative estimate of drug-likeness (QED) is 0.382. The summed E-state index contributed by atoms with van der Waals surface area (Å²) in [4.78, 5) is 5.58. The second-order valence-corrected chi connectivity index (χ2v) is 5.62. The van der Waals surface area contributed by atoms with Crippen LogP contribution >= 0.6 is 24.0 Å². The second kappa shape index (κ2) is 10.5. The third kappa shape index (κ3) is 8.40. The predicted octanol–water partition coefficient (Wildman–Crippen LogP) is 2.84. The van der Waals surface area contributed by atoms with Crippen molar-refractivity contribution in [3.05, 3.63) is 0 Å². The highest BCUT2D eigenvalue weighted by Crippen LogP contribution is 2.19. The molecule has 0 aromatic rings. The van der Waals surface area contributed by atoms with Crippen LogP contribution < -0.4 is 10.6 Å². The summed E-state index contributed by atoms with van der Waals surface area (Å²) in [6.07, 6.45) is -1.21. The molecule has 0 bridgehead atoms. The minimum atomic E-state index is -4.12. The van der Waals surface area contributed by atoms with Crippen molar-refractivity contribution in [2.24, 2.45) is 10.9 Å². The number of halogens is 4. The van der Waals surface area contributed by atoms with Gasteiger partial charge in [-0.1, -0.05) is 26.7 Å². The summed E-state index contributed by atoms with van der Waals surface area (Å²) in [5.74, 6) is 1.27. The Balaban J connectivity index is 0.00000441. The fraction of sp³-hybridized carbons (Fsp3) is 0.929. The summed E-state index contributed by atoms with van der Waals surface area (Å²) in [7, 11) is 1.69. The molecule has 132 valence electrons. The second-order valence-electron chi connectivity index (χ2n) is 5.62. The summed E-state index contributed by atoms with van der Waals surface area (Å²) >= 11 is 0. The number of rotatable bonds is 6. The van der Waals surface area contributed by atoms with Crippen LogP contribution in [0.3, 0.4) is 0 Å². The Morgan fingerprint density at radius 1 is 1.32 bits per heavy atom. The Labute approximate surface area is 148 Å². The van der Waals surface area contributed by atoms with E-state index in [-0.39, 0.29) is 30.0 Å². The Hall–Kier alpha value is -0.250. The van der Waals surface area contributed by atoms with Gasteiger partial charge in [-0.25, -0.2) is 0 Å². The summed E-state index contributed by atoms with van der Waals surface area (Å²) in [6.45, 7) is 5.19. The number of likely N-dealkylation sites (tertiary alicyclic amines) is 1. The molecule has 1 saturated heterocycles. The molecule has 1 fully saturated rings. The lowest BCUT2D eigenvalue weighted by Crippen LogP contribution is -2.46. The molecule has 8 heteroatoms. The van der Waals surface area contributed by atoms with Crippen molar-refractivity contribution in [2.75, 3.05) is 33.2 Å². The zero-order valence-corrected chi connectivity index (χ0v) is 15.9. The molecule has 0 aromatic heterocycles. The van der Waals surface area contributed by atoms with Gasteiger partial charge < -0.3 is 10.6 Å². The fourth-order valence-electron chi connectivity index (χ4n) is 2.55. The van der Waals surface area contributed by atoms with E-state index in [1.807, 2.05) is 0 Å². The zero-order valence-electron chi connectivity index (χ0n) is 13.5. The van der Waals surface area contributed by atoms with E-state index in [9.17, 15) is 13.2 Å². The van der Waals surface area contributed by atoms with Crippen molar-refractivity contribution in [1.82, 2.24) is 15.5 Å². The third-order valence-corrected chi connectivity index (χ3v) is 3.95. The molecule has 1 unspecified atom stereocenters. The summed E-state index contributed by atoms with van der Waals surface area (Å²) in [6, 6.07) is 0.0280. The van der Waals surface area contributed by atoms with Gasteiger partial charge in [0.05, 0.1) is 6.54 Å². The normalized spacial score (nSPS) is 20.1. The highest BCUT2D eigenvalue weighted by molar-refractivity contribution is 14.0. The van der Waals surface area contributed by atoms with Gasteiger partial charge in [-0.05, 0) is 12.3 Å². The Kier molecular flexibility index (Phi) is 10.4. The number of nitrogens with one attached hydrogen (secondary N) is 2. The topological polar surface area (TPSA) is 39.7 Å². The molecule has 1 rings (SSSR count). The van der Waals surface area contributed by atoms with E-state index in [2.05, 4.69) is 29.5 Å². The van der Waals surface area contributed by atoms with Crippen molar-refractivity contribution in [2.45, 2.75) is 45.3 Å². The van der Waals surface area contributed by atoms with Crippen molar-refractivity contribution in [3.63, 3.8) is 0 Å². The van der Waals surface area contributed by atoms with Gasteiger partial charge in [0.2, 0.25) is 0 Å². The standard InChI is InChI=1S/C14H27F3N4.HI/c1-4-11(5-2)8-19-13(18-3)20-12-6-7-21(9-12)10-14(15,16)17;/h11-12H,4-10H2,1-3H3,(H2,18,19,20);1H. The molecule has 1 aliphatic rings. The SMILES string of the molecule is CCC(CC)CNC(=NC)NC1CCN(CC(F)(F)F)C1.I. The molecule has 2 N–H and O–H groups in total. The summed E-state index contributed by atoms with van der Waals surface area (Å²) < 4.78 is 37.1. The first kappa shape index (κ1) is 21.8. The molecule has 1 heterocycles. The monoisotopic (exact) mass is 436 g/mol. The van der Waals surface area contributed by atoms with Gasteiger partial charge in [-0.2, -0.15) is 13.2 Å². The zero-order chi connectivity index (χ0) is 15.9. The highest BCUT2D eigenvalue weighted by Gasteiger charge is 2.34. The van der Waals surface area contributed by atoms with E-state index in [0.717, 1.165) is 19.4 Å². The van der Waals surface area contributed by atoms with Gasteiger partial charge in [0, 0.05) is 32.7 Å². The van der Waals surface area contributed by atoms with Gasteiger partial charge in [0.25, 0.3) is 0 Å². The number of aliphatic imine (C=N–C) groups is 1. The third-order valence-electron chi connectivity index (χ3n) is 3.95. The number of guanidine groups is 1. The van der Waals surface area contributed by atoms with Gasteiger partial charge in [0.15, 0.2) is 5.96 Å². The van der Waals surface area contributed by atoms with E-state index in [1.54, 1.807) is 7.05 Å². The smallest absolute Gasteiger partial charge is 0.356 e. The van der Waals surface area contributed by atoms with E-state index in [4.69, 9.17) is 0 Å². The molecule has 0 radical (unpaired) electrons. The van der Waals surface area contributed by atoms with Crippen LogP contribution in [0.4, 0.5) is 13.2 Å².